The highest BCUT2D eigenvalue weighted by atomic mass is 14.0. The third kappa shape index (κ3) is 3.71. The van der Waals surface area contributed by atoms with Gasteiger partial charge in [0, 0.05) is 0 Å². The summed E-state index contributed by atoms with van der Waals surface area (Å²) >= 11 is 0. The molecule has 1 unspecified atom stereocenters. The summed E-state index contributed by atoms with van der Waals surface area (Å²) in [4.78, 5) is 0. The van der Waals surface area contributed by atoms with Gasteiger partial charge >= 0.3 is 0 Å². The van der Waals surface area contributed by atoms with Crippen molar-refractivity contribution in [3.63, 3.8) is 0 Å². The van der Waals surface area contributed by atoms with E-state index in [0.717, 1.165) is 0 Å². The number of hydrogen-bond acceptors (Lipinski definition) is 0. The van der Waals surface area contributed by atoms with Crippen LogP contribution in [0, 0.1) is 12.8 Å². The first-order valence-electron chi connectivity index (χ1n) is 3.14. The molecule has 0 aromatic rings. The highest BCUT2D eigenvalue weighted by Crippen LogP contribution is 2.06. The first-order valence-corrected chi connectivity index (χ1v) is 3.14. The van der Waals surface area contributed by atoms with Crippen LogP contribution in [0.1, 0.15) is 33.1 Å². The summed E-state index contributed by atoms with van der Waals surface area (Å²) in [7, 11) is 0. The van der Waals surface area contributed by atoms with Crippen LogP contribution in [0.15, 0.2) is 0 Å². The van der Waals surface area contributed by atoms with Crippen LogP contribution in [0.2, 0.25) is 0 Å². The molecule has 0 aliphatic carbocycles. The first kappa shape index (κ1) is 6.87. The Morgan fingerprint density at radius 3 is 2.14 bits per heavy atom. The van der Waals surface area contributed by atoms with Gasteiger partial charge in [-0.3, -0.25) is 0 Å². The van der Waals surface area contributed by atoms with Gasteiger partial charge in [-0.05, 0) is 12.8 Å². The quantitative estimate of drug-likeness (QED) is 0.477. The normalized spacial score (nSPS) is 14.0. The molecule has 0 nitrogen and oxygen atoms in total. The average molecular weight is 99.2 g/mol. The van der Waals surface area contributed by atoms with Crippen molar-refractivity contribution in [2.24, 2.45) is 5.92 Å². The average Bonchev–Trinajstić information content (AvgIpc) is 1.68. The van der Waals surface area contributed by atoms with Gasteiger partial charge in [-0.25, -0.2) is 0 Å². The van der Waals surface area contributed by atoms with Crippen LogP contribution >= 0.6 is 0 Å². The molecule has 0 N–H and O–H groups in total. The fraction of sp³-hybridized carbons (Fsp3) is 0.857. The highest BCUT2D eigenvalue weighted by molar-refractivity contribution is 4.55. The molecular weight excluding hydrogens is 84.1 g/mol. The zero-order chi connectivity index (χ0) is 5.70. The summed E-state index contributed by atoms with van der Waals surface area (Å²) in [6, 6.07) is 0. The third-order valence-electron chi connectivity index (χ3n) is 1.27. The van der Waals surface area contributed by atoms with Gasteiger partial charge in [0.1, 0.15) is 0 Å². The molecule has 0 fully saturated rings. The molecule has 0 bridgehead atoms. The molecule has 42 valence electrons. The molecule has 0 aromatic carbocycles. The topological polar surface area (TPSA) is 0 Å². The van der Waals surface area contributed by atoms with E-state index in [-0.39, 0.29) is 0 Å². The van der Waals surface area contributed by atoms with Gasteiger partial charge in [0.2, 0.25) is 0 Å². The first-order chi connectivity index (χ1) is 3.31. The monoisotopic (exact) mass is 99.1 g/mol. The fourth-order valence-corrected chi connectivity index (χ4v) is 0.612. The van der Waals surface area contributed by atoms with Gasteiger partial charge in [0.25, 0.3) is 0 Å². The maximum absolute atomic E-state index is 3.95. The molecule has 0 aliphatic heterocycles. The molecule has 0 saturated carbocycles. The summed E-state index contributed by atoms with van der Waals surface area (Å²) in [6.45, 7) is 8.34. The third-order valence-corrected chi connectivity index (χ3v) is 1.27. The van der Waals surface area contributed by atoms with Gasteiger partial charge < -0.3 is 0 Å². The fourth-order valence-electron chi connectivity index (χ4n) is 0.612. The Labute approximate surface area is 46.9 Å². The SMILES string of the molecule is [CH2+]C(CC)CCC. The number of rotatable bonds is 3. The van der Waals surface area contributed by atoms with Gasteiger partial charge in [0.05, 0.1) is 12.8 Å². The van der Waals surface area contributed by atoms with Crippen LogP contribution < -0.4 is 0 Å². The molecule has 0 heterocycles. The maximum Gasteiger partial charge on any atom is 0.0950 e. The summed E-state index contributed by atoms with van der Waals surface area (Å²) in [5.41, 5.74) is 0. The van der Waals surface area contributed by atoms with E-state index in [4.69, 9.17) is 0 Å². The van der Waals surface area contributed by atoms with Gasteiger partial charge in [-0.2, -0.15) is 0 Å². The molecule has 0 spiro atoms. The van der Waals surface area contributed by atoms with E-state index in [1.165, 1.54) is 19.3 Å². The minimum absolute atomic E-state index is 0.699. The Kier molecular flexibility index (Phi) is 3.97. The van der Waals surface area contributed by atoms with Crippen molar-refractivity contribution in [3.8, 4) is 0 Å². The molecular formula is C7H15+. The second-order valence-corrected chi connectivity index (χ2v) is 2.06. The smallest absolute Gasteiger partial charge is 0.0652 e. The Hall–Kier alpha value is -0.130. The van der Waals surface area contributed by atoms with Crippen LogP contribution in [0.4, 0.5) is 0 Å². The maximum atomic E-state index is 3.95. The van der Waals surface area contributed by atoms with Crippen molar-refractivity contribution in [1.82, 2.24) is 0 Å². The van der Waals surface area contributed by atoms with E-state index in [2.05, 4.69) is 20.8 Å². The molecule has 7 heavy (non-hydrogen) atoms. The summed E-state index contributed by atoms with van der Waals surface area (Å²) < 4.78 is 0. The Morgan fingerprint density at radius 1 is 1.43 bits per heavy atom. The van der Waals surface area contributed by atoms with Gasteiger partial charge in [-0.15, -0.1) is 0 Å². The summed E-state index contributed by atoms with van der Waals surface area (Å²) in [5, 5.41) is 0. The second-order valence-electron chi connectivity index (χ2n) is 2.06. The summed E-state index contributed by atoms with van der Waals surface area (Å²) in [5.74, 6) is 0.699. The van der Waals surface area contributed by atoms with E-state index in [1.807, 2.05) is 0 Å². The minimum atomic E-state index is 0.699. The minimum Gasteiger partial charge on any atom is -0.0652 e. The second kappa shape index (κ2) is 4.04. The Bertz CT molecular complexity index is 31.0. The lowest BCUT2D eigenvalue weighted by Gasteiger charge is -1.95. The molecule has 0 amide bonds. The van der Waals surface area contributed by atoms with E-state index in [1.54, 1.807) is 0 Å². The zero-order valence-electron chi connectivity index (χ0n) is 5.41. The van der Waals surface area contributed by atoms with E-state index in [0.29, 0.717) is 5.92 Å². The lowest BCUT2D eigenvalue weighted by molar-refractivity contribution is 0.559. The Balaban J connectivity index is 2.83. The van der Waals surface area contributed by atoms with Crippen molar-refractivity contribution in [3.05, 3.63) is 6.92 Å². The number of hydrogen-bond donors (Lipinski definition) is 0. The predicted molar refractivity (Wildman–Crippen MR) is 34.0 cm³/mol. The van der Waals surface area contributed by atoms with E-state index < -0.39 is 0 Å². The molecule has 0 saturated heterocycles. The standard InChI is InChI=1S/C7H15/c1-4-6-7(3)5-2/h7H,3-6H2,1-2H3/q+1. The van der Waals surface area contributed by atoms with Crippen molar-refractivity contribution in [1.29, 1.82) is 0 Å². The molecule has 0 radical (unpaired) electrons. The molecule has 0 rings (SSSR count). The van der Waals surface area contributed by atoms with Crippen molar-refractivity contribution in [2.45, 2.75) is 33.1 Å². The Morgan fingerprint density at radius 2 is 2.00 bits per heavy atom. The van der Waals surface area contributed by atoms with Crippen molar-refractivity contribution in [2.75, 3.05) is 0 Å². The van der Waals surface area contributed by atoms with E-state index in [9.17, 15) is 0 Å². The van der Waals surface area contributed by atoms with E-state index >= 15 is 0 Å². The van der Waals surface area contributed by atoms with Crippen molar-refractivity contribution < 1.29 is 0 Å². The molecule has 0 heteroatoms. The van der Waals surface area contributed by atoms with Gasteiger partial charge in [-0.1, -0.05) is 20.3 Å². The predicted octanol–water partition coefficient (Wildman–Crippen LogP) is 2.65. The molecule has 1 atom stereocenters. The van der Waals surface area contributed by atoms with Crippen LogP contribution in [-0.4, -0.2) is 0 Å². The lowest BCUT2D eigenvalue weighted by atomic mass is 10.0. The van der Waals surface area contributed by atoms with Crippen LogP contribution in [0.3, 0.4) is 0 Å². The molecule has 0 aliphatic rings. The molecule has 0 aromatic heterocycles. The van der Waals surface area contributed by atoms with Crippen LogP contribution in [0.25, 0.3) is 0 Å². The lowest BCUT2D eigenvalue weighted by Crippen LogP contribution is -1.88. The summed E-state index contributed by atoms with van der Waals surface area (Å²) in [6.07, 6.45) is 3.80. The van der Waals surface area contributed by atoms with Crippen LogP contribution in [0.5, 0.6) is 0 Å². The van der Waals surface area contributed by atoms with Crippen LogP contribution in [-0.2, 0) is 0 Å². The highest BCUT2D eigenvalue weighted by Gasteiger charge is 2.00. The largest absolute Gasteiger partial charge is 0.0950 e. The zero-order valence-corrected chi connectivity index (χ0v) is 5.41. The van der Waals surface area contributed by atoms with Gasteiger partial charge in [0.15, 0.2) is 0 Å². The van der Waals surface area contributed by atoms with Crippen molar-refractivity contribution >= 4 is 0 Å².